The van der Waals surface area contributed by atoms with Gasteiger partial charge in [-0.3, -0.25) is 4.79 Å². The molecule has 0 bridgehead atoms. The fraction of sp³-hybridized carbons (Fsp3) is 0.267. The molecule has 0 fully saturated rings. The normalized spacial score (nSPS) is 10.8. The molecule has 7 heteroatoms. The molecule has 3 aromatic carbocycles. The molecule has 0 aliphatic carbocycles. The van der Waals surface area contributed by atoms with Gasteiger partial charge in [0.05, 0.1) is 12.5 Å². The highest BCUT2D eigenvalue weighted by Gasteiger charge is 2.25. The fourth-order valence-electron chi connectivity index (χ4n) is 3.05. The van der Waals surface area contributed by atoms with Crippen LogP contribution in [-0.2, 0) is 9.59 Å². The maximum Gasteiger partial charge on any atom is 0.338 e. The van der Waals surface area contributed by atoms with Gasteiger partial charge in [0.15, 0.2) is 11.5 Å². The van der Waals surface area contributed by atoms with Crippen molar-refractivity contribution in [2.24, 2.45) is 5.41 Å². The predicted octanol–water partition coefficient (Wildman–Crippen LogP) is 6.25. The van der Waals surface area contributed by atoms with Crippen molar-refractivity contribution in [1.82, 2.24) is 0 Å². The van der Waals surface area contributed by atoms with Crippen molar-refractivity contribution in [1.29, 1.82) is 0 Å². The van der Waals surface area contributed by atoms with Crippen LogP contribution >= 0.6 is 0 Å². The third-order valence-corrected chi connectivity index (χ3v) is 5.17. The molecule has 0 saturated carbocycles. The minimum atomic E-state index is -0.615. The van der Waals surface area contributed by atoms with E-state index in [1.165, 1.54) is 0 Å². The number of hydrogen-bond acceptors (Lipinski definition) is 7. The summed E-state index contributed by atoms with van der Waals surface area (Å²) in [7, 11) is 1.54. The fourth-order valence-corrected chi connectivity index (χ4v) is 3.05. The molecule has 3 aromatic rings. The van der Waals surface area contributed by atoms with E-state index in [9.17, 15) is 9.59 Å². The van der Waals surface area contributed by atoms with Crippen LogP contribution in [0.3, 0.4) is 0 Å². The van der Waals surface area contributed by atoms with Gasteiger partial charge in [-0.2, -0.15) is 0 Å². The summed E-state index contributed by atoms with van der Waals surface area (Å²) in [6.07, 6.45) is 0. The number of carbonyl (C=O) groups excluding carboxylic acids is 2. The molecule has 0 amide bonds. The van der Waals surface area contributed by atoms with Gasteiger partial charge in [-0.25, -0.2) is 4.79 Å². The van der Waals surface area contributed by atoms with Gasteiger partial charge in [-0.1, -0.05) is 24.8 Å². The molecule has 7 nitrogen and oxygen atoms in total. The zero-order valence-corrected chi connectivity index (χ0v) is 21.8. The van der Waals surface area contributed by atoms with E-state index in [1.807, 2.05) is 36.4 Å². The molecule has 0 atom stereocenters. The molecule has 3 rings (SSSR count). The molecule has 0 N–H and O–H groups in total. The van der Waals surface area contributed by atoms with Crippen molar-refractivity contribution in [3.05, 3.63) is 78.9 Å². The predicted molar refractivity (Wildman–Crippen MR) is 141 cm³/mol. The first kappa shape index (κ1) is 27.3. The molecule has 0 heterocycles. The molecule has 37 heavy (non-hydrogen) atoms. The molecule has 0 spiro atoms. The van der Waals surface area contributed by atoms with Crippen molar-refractivity contribution in [3.63, 3.8) is 0 Å². The second-order valence-electron chi connectivity index (χ2n) is 9.37. The Morgan fingerprint density at radius 2 is 1.24 bits per heavy atom. The summed E-state index contributed by atoms with van der Waals surface area (Å²) in [6, 6.07) is 19.8. The number of rotatable bonds is 10. The van der Waals surface area contributed by atoms with E-state index in [-0.39, 0.29) is 5.97 Å². The van der Waals surface area contributed by atoms with E-state index >= 15 is 0 Å². The quantitative estimate of drug-likeness (QED) is 0.140. The Kier molecular flexibility index (Phi) is 8.95. The first-order valence-corrected chi connectivity index (χ1v) is 11.8. The highest BCUT2D eigenvalue weighted by molar-refractivity contribution is 5.88. The van der Waals surface area contributed by atoms with Crippen LogP contribution in [0.25, 0.3) is 11.1 Å². The minimum absolute atomic E-state index is 0.329. The summed E-state index contributed by atoms with van der Waals surface area (Å²) in [5.41, 5.74) is 1.60. The van der Waals surface area contributed by atoms with E-state index < -0.39 is 11.4 Å². The summed E-state index contributed by atoms with van der Waals surface area (Å²) in [6.45, 7) is 11.3. The van der Waals surface area contributed by atoms with Gasteiger partial charge in [0.2, 0.25) is 0 Å². The van der Waals surface area contributed by atoms with Crippen molar-refractivity contribution >= 4 is 11.9 Å². The number of ether oxygens (including phenoxy) is 5. The summed E-state index contributed by atoms with van der Waals surface area (Å²) in [5.74, 6) is 1.84. The molecular formula is C30H32O7. The lowest BCUT2D eigenvalue weighted by Gasteiger charge is -2.18. The average molecular weight is 505 g/mol. The molecule has 0 radical (unpaired) electrons. The molecular weight excluding hydrogens is 472 g/mol. The number of hydrogen-bond donors (Lipinski definition) is 0. The van der Waals surface area contributed by atoms with Gasteiger partial charge in [0, 0.05) is 5.57 Å². The lowest BCUT2D eigenvalue weighted by atomic mass is 9.97. The maximum absolute atomic E-state index is 12.2. The Bertz CT molecular complexity index is 1240. The number of methoxy groups -OCH3 is 1. The maximum atomic E-state index is 12.2. The van der Waals surface area contributed by atoms with E-state index in [1.54, 1.807) is 65.1 Å². The summed E-state index contributed by atoms with van der Waals surface area (Å²) in [4.78, 5) is 23.8. The monoisotopic (exact) mass is 504 g/mol. The summed E-state index contributed by atoms with van der Waals surface area (Å²) < 4.78 is 27.6. The van der Waals surface area contributed by atoms with Gasteiger partial charge in [-0.05, 0) is 87.4 Å². The Labute approximate surface area is 217 Å². The van der Waals surface area contributed by atoms with Crippen LogP contribution in [0.4, 0.5) is 0 Å². The third-order valence-electron chi connectivity index (χ3n) is 5.17. The average Bonchev–Trinajstić information content (AvgIpc) is 2.87. The molecule has 0 unspecified atom stereocenters. The Morgan fingerprint density at radius 1 is 0.730 bits per heavy atom. The molecule has 0 aliphatic heterocycles. The first-order chi connectivity index (χ1) is 17.6. The largest absolute Gasteiger partial charge is 0.493 e. The van der Waals surface area contributed by atoms with Crippen molar-refractivity contribution in [2.75, 3.05) is 20.3 Å². The van der Waals surface area contributed by atoms with Crippen LogP contribution in [0.2, 0.25) is 0 Å². The smallest absolute Gasteiger partial charge is 0.338 e. The number of esters is 2. The third kappa shape index (κ3) is 7.87. The summed E-state index contributed by atoms with van der Waals surface area (Å²) in [5, 5.41) is 0. The van der Waals surface area contributed by atoms with E-state index in [4.69, 9.17) is 23.7 Å². The van der Waals surface area contributed by atoms with Crippen molar-refractivity contribution in [2.45, 2.75) is 27.7 Å². The lowest BCUT2D eigenvalue weighted by Crippen LogP contribution is -2.25. The lowest BCUT2D eigenvalue weighted by molar-refractivity contribution is -0.143. The van der Waals surface area contributed by atoms with Crippen LogP contribution in [0.5, 0.6) is 28.7 Å². The molecule has 0 saturated heterocycles. The van der Waals surface area contributed by atoms with Crippen LogP contribution in [-0.4, -0.2) is 32.3 Å². The zero-order valence-electron chi connectivity index (χ0n) is 21.8. The molecule has 194 valence electrons. The second kappa shape index (κ2) is 12.1. The van der Waals surface area contributed by atoms with Gasteiger partial charge in [0.25, 0.3) is 0 Å². The van der Waals surface area contributed by atoms with Gasteiger partial charge >= 0.3 is 11.9 Å². The van der Waals surface area contributed by atoms with Gasteiger partial charge in [-0.15, -0.1) is 0 Å². The van der Waals surface area contributed by atoms with Crippen molar-refractivity contribution in [3.8, 4) is 39.9 Å². The van der Waals surface area contributed by atoms with Crippen LogP contribution in [0.15, 0.2) is 78.9 Å². The Balaban J connectivity index is 1.51. The summed E-state index contributed by atoms with van der Waals surface area (Å²) >= 11 is 0. The Morgan fingerprint density at radius 3 is 1.76 bits per heavy atom. The van der Waals surface area contributed by atoms with Crippen molar-refractivity contribution < 1.29 is 33.3 Å². The first-order valence-electron chi connectivity index (χ1n) is 11.8. The van der Waals surface area contributed by atoms with Gasteiger partial charge in [0.1, 0.15) is 30.5 Å². The number of carbonyl (C=O) groups is 2. The Hall–Kier alpha value is -4.26. The SMILES string of the molecule is C=C(C)C(=O)Oc1ccc(OCCOc2ccc(-c3ccc(OC(=O)C(C)(C)C)c(OC)c3)cc2)cc1. The van der Waals surface area contributed by atoms with Crippen LogP contribution < -0.4 is 23.7 Å². The highest BCUT2D eigenvalue weighted by atomic mass is 16.6. The highest BCUT2D eigenvalue weighted by Crippen LogP contribution is 2.34. The minimum Gasteiger partial charge on any atom is -0.493 e. The molecule has 0 aromatic heterocycles. The standard InChI is InChI=1S/C30H32O7/c1-20(2)28(31)36-25-14-12-24(13-15-25)35-18-17-34-23-10-7-21(8-11-23)22-9-16-26(27(19-22)33-6)37-29(32)30(3,4)5/h7-16,19H,1,17-18H2,2-6H3. The topological polar surface area (TPSA) is 80.3 Å². The zero-order chi connectivity index (χ0) is 27.0. The number of benzene rings is 3. The van der Waals surface area contributed by atoms with Gasteiger partial charge < -0.3 is 23.7 Å². The van der Waals surface area contributed by atoms with E-state index in [2.05, 4.69) is 6.58 Å². The van der Waals surface area contributed by atoms with E-state index in [0.29, 0.717) is 47.5 Å². The molecule has 0 aliphatic rings. The van der Waals surface area contributed by atoms with Crippen LogP contribution in [0.1, 0.15) is 27.7 Å². The second-order valence-corrected chi connectivity index (χ2v) is 9.37. The van der Waals surface area contributed by atoms with E-state index in [0.717, 1.165) is 11.1 Å². The van der Waals surface area contributed by atoms with Crippen LogP contribution in [0, 0.1) is 5.41 Å².